The van der Waals surface area contributed by atoms with Gasteiger partial charge in [0.2, 0.25) is 0 Å². The summed E-state index contributed by atoms with van der Waals surface area (Å²) in [7, 11) is 0. The molecule has 4 nitrogen and oxygen atoms in total. The highest BCUT2D eigenvalue weighted by molar-refractivity contribution is 5.92. The number of fused-ring (bicyclic) bond motifs is 1. The summed E-state index contributed by atoms with van der Waals surface area (Å²) in [4.78, 5) is 12.1. The van der Waals surface area contributed by atoms with E-state index in [9.17, 15) is 13.6 Å². The van der Waals surface area contributed by atoms with Crippen LogP contribution in [0.1, 0.15) is 39.8 Å². The third-order valence-electron chi connectivity index (χ3n) is 3.15. The third kappa shape index (κ3) is 3.46. The van der Waals surface area contributed by atoms with Crippen molar-refractivity contribution in [2.45, 2.75) is 46.6 Å². The van der Waals surface area contributed by atoms with Crippen LogP contribution in [0.4, 0.5) is 13.6 Å². The summed E-state index contributed by atoms with van der Waals surface area (Å²) >= 11 is 0. The fourth-order valence-corrected chi connectivity index (χ4v) is 2.31. The maximum absolute atomic E-state index is 14.6. The van der Waals surface area contributed by atoms with E-state index in [1.807, 2.05) is 6.92 Å². The highest BCUT2D eigenvalue weighted by Crippen LogP contribution is 2.33. The summed E-state index contributed by atoms with van der Waals surface area (Å²) in [5.41, 5.74) is -0.410. The van der Waals surface area contributed by atoms with Gasteiger partial charge in [0.15, 0.2) is 17.4 Å². The van der Waals surface area contributed by atoms with Crippen LogP contribution in [0.15, 0.2) is 12.1 Å². The molecule has 0 unspecified atom stereocenters. The smallest absolute Gasteiger partial charge is 0.418 e. The zero-order valence-corrected chi connectivity index (χ0v) is 14.0. The second kappa shape index (κ2) is 6.18. The number of aromatic nitrogens is 1. The highest BCUT2D eigenvalue weighted by atomic mass is 19.1. The lowest BCUT2D eigenvalue weighted by Gasteiger charge is -2.22. The van der Waals surface area contributed by atoms with Gasteiger partial charge in [0.05, 0.1) is 12.1 Å². The van der Waals surface area contributed by atoms with E-state index >= 15 is 0 Å². The summed E-state index contributed by atoms with van der Waals surface area (Å²) in [6, 6.07) is 2.38. The summed E-state index contributed by atoms with van der Waals surface area (Å²) in [6.45, 7) is 8.89. The van der Waals surface area contributed by atoms with Crippen molar-refractivity contribution >= 4 is 17.0 Å². The number of hydrogen-bond acceptors (Lipinski definition) is 3. The Kier molecular flexibility index (Phi) is 4.63. The van der Waals surface area contributed by atoms with E-state index < -0.39 is 23.3 Å². The first-order chi connectivity index (χ1) is 10.7. The number of benzene rings is 1. The van der Waals surface area contributed by atoms with Crippen molar-refractivity contribution in [3.05, 3.63) is 29.5 Å². The van der Waals surface area contributed by atoms with Crippen LogP contribution in [0, 0.1) is 18.6 Å². The fourth-order valence-electron chi connectivity index (χ4n) is 2.31. The zero-order valence-electron chi connectivity index (χ0n) is 14.0. The number of aryl methyl sites for hydroxylation is 1. The fraction of sp³-hybridized carbons (Fsp3) is 0.471. The molecular formula is C17H21F2NO3. The van der Waals surface area contributed by atoms with E-state index in [0.29, 0.717) is 12.1 Å². The van der Waals surface area contributed by atoms with Gasteiger partial charge in [0.25, 0.3) is 0 Å². The second-order valence-corrected chi connectivity index (χ2v) is 6.38. The average Bonchev–Trinajstić information content (AvgIpc) is 2.78. The van der Waals surface area contributed by atoms with Crippen LogP contribution in [0.3, 0.4) is 0 Å². The van der Waals surface area contributed by atoms with Crippen LogP contribution in [-0.4, -0.2) is 22.9 Å². The van der Waals surface area contributed by atoms with Crippen LogP contribution in [-0.2, 0) is 4.74 Å². The van der Waals surface area contributed by atoms with Gasteiger partial charge in [-0.1, -0.05) is 6.92 Å². The Balaban J connectivity index is 2.60. The van der Waals surface area contributed by atoms with Gasteiger partial charge in [-0.2, -0.15) is 0 Å². The Bertz CT molecular complexity index is 745. The number of nitrogens with zero attached hydrogens (tertiary/aromatic N) is 1. The molecule has 126 valence electrons. The molecule has 1 aromatic carbocycles. The first kappa shape index (κ1) is 17.2. The number of hydrogen-bond donors (Lipinski definition) is 0. The molecule has 0 saturated heterocycles. The average molecular weight is 325 g/mol. The largest absolute Gasteiger partial charge is 0.485 e. The van der Waals surface area contributed by atoms with Crippen molar-refractivity contribution in [3.63, 3.8) is 0 Å². The van der Waals surface area contributed by atoms with Gasteiger partial charge in [-0.3, -0.25) is 0 Å². The number of ether oxygens (including phenoxy) is 2. The molecule has 23 heavy (non-hydrogen) atoms. The molecule has 2 aromatic rings. The molecule has 0 radical (unpaired) electrons. The molecule has 1 heterocycles. The van der Waals surface area contributed by atoms with E-state index in [0.717, 1.165) is 10.6 Å². The van der Waals surface area contributed by atoms with Crippen molar-refractivity contribution in [2.75, 3.05) is 6.61 Å². The minimum atomic E-state index is -0.734. The van der Waals surface area contributed by atoms with E-state index in [-0.39, 0.29) is 23.3 Å². The maximum atomic E-state index is 14.6. The van der Waals surface area contributed by atoms with Crippen LogP contribution in [0.2, 0.25) is 0 Å². The topological polar surface area (TPSA) is 40.5 Å². The Morgan fingerprint density at radius 1 is 1.26 bits per heavy atom. The Labute approximate surface area is 134 Å². The van der Waals surface area contributed by atoms with Gasteiger partial charge in [0.1, 0.15) is 5.60 Å². The van der Waals surface area contributed by atoms with Gasteiger partial charge in [-0.15, -0.1) is 0 Å². The first-order valence-electron chi connectivity index (χ1n) is 7.52. The van der Waals surface area contributed by atoms with Gasteiger partial charge >= 0.3 is 6.09 Å². The van der Waals surface area contributed by atoms with Crippen LogP contribution >= 0.6 is 0 Å². The molecular weight excluding hydrogens is 304 g/mol. The predicted molar refractivity (Wildman–Crippen MR) is 84.0 cm³/mol. The van der Waals surface area contributed by atoms with Crippen molar-refractivity contribution in [3.8, 4) is 5.75 Å². The lowest BCUT2D eigenvalue weighted by molar-refractivity contribution is 0.124. The SMILES string of the molecule is CCCOC(=O)n1c(C)cc2c(F)c(OC(C)(C)C)cc(F)c21. The van der Waals surface area contributed by atoms with E-state index in [1.54, 1.807) is 27.7 Å². The van der Waals surface area contributed by atoms with Crippen molar-refractivity contribution in [1.29, 1.82) is 0 Å². The molecule has 0 saturated carbocycles. The number of halogens is 2. The van der Waals surface area contributed by atoms with Crippen LogP contribution < -0.4 is 4.74 Å². The number of carbonyl (C=O) groups is 1. The van der Waals surface area contributed by atoms with E-state index in [4.69, 9.17) is 9.47 Å². The molecule has 0 bridgehead atoms. The summed E-state index contributed by atoms with van der Waals surface area (Å²) in [5.74, 6) is -1.61. The van der Waals surface area contributed by atoms with Gasteiger partial charge in [-0.25, -0.2) is 18.1 Å². The lowest BCUT2D eigenvalue weighted by atomic mass is 10.1. The molecule has 0 N–H and O–H groups in total. The van der Waals surface area contributed by atoms with Crippen molar-refractivity contribution < 1.29 is 23.0 Å². The third-order valence-corrected chi connectivity index (χ3v) is 3.15. The quantitative estimate of drug-likeness (QED) is 0.814. The van der Waals surface area contributed by atoms with Crippen LogP contribution in [0.5, 0.6) is 5.75 Å². The molecule has 0 spiro atoms. The molecule has 0 aliphatic heterocycles. The second-order valence-electron chi connectivity index (χ2n) is 6.38. The maximum Gasteiger partial charge on any atom is 0.418 e. The van der Waals surface area contributed by atoms with Gasteiger partial charge in [-0.05, 0) is 40.2 Å². The normalized spacial score (nSPS) is 11.8. The molecule has 2 rings (SSSR count). The Hall–Kier alpha value is -2.11. The predicted octanol–water partition coefficient (Wildman–Crippen LogP) is 4.80. The Morgan fingerprint density at radius 3 is 2.48 bits per heavy atom. The molecule has 0 atom stereocenters. The minimum Gasteiger partial charge on any atom is -0.485 e. The lowest BCUT2D eigenvalue weighted by Crippen LogP contribution is -2.23. The summed E-state index contributed by atoms with van der Waals surface area (Å²) < 4.78 is 40.6. The van der Waals surface area contributed by atoms with E-state index in [1.165, 1.54) is 6.07 Å². The first-order valence-corrected chi connectivity index (χ1v) is 7.52. The molecule has 0 fully saturated rings. The standard InChI is InChI=1S/C17H21F2NO3/c1-6-7-22-16(21)20-10(2)8-11-14(19)13(23-17(3,4)5)9-12(18)15(11)20/h8-9H,6-7H2,1-5H3. The van der Waals surface area contributed by atoms with Gasteiger partial charge in [0, 0.05) is 17.1 Å². The zero-order chi connectivity index (χ0) is 17.4. The molecule has 0 amide bonds. The molecule has 0 aliphatic carbocycles. The van der Waals surface area contributed by atoms with Gasteiger partial charge < -0.3 is 9.47 Å². The summed E-state index contributed by atoms with van der Waals surface area (Å²) in [6.07, 6.45) is -0.0770. The minimum absolute atomic E-state index is 0.00445. The Morgan fingerprint density at radius 2 is 1.91 bits per heavy atom. The van der Waals surface area contributed by atoms with E-state index in [2.05, 4.69) is 0 Å². The van der Waals surface area contributed by atoms with Crippen molar-refractivity contribution in [2.24, 2.45) is 0 Å². The molecule has 0 aliphatic rings. The molecule has 6 heteroatoms. The highest BCUT2D eigenvalue weighted by Gasteiger charge is 2.24. The number of rotatable bonds is 3. The summed E-state index contributed by atoms with van der Waals surface area (Å²) in [5, 5.41) is -0.00445. The van der Waals surface area contributed by atoms with Crippen LogP contribution in [0.25, 0.3) is 10.9 Å². The monoisotopic (exact) mass is 325 g/mol. The number of carbonyl (C=O) groups excluding carboxylic acids is 1. The van der Waals surface area contributed by atoms with Crippen molar-refractivity contribution in [1.82, 2.24) is 4.57 Å². The molecule has 1 aromatic heterocycles.